The summed E-state index contributed by atoms with van der Waals surface area (Å²) in [5.41, 5.74) is 2.69. The molecule has 0 aliphatic carbocycles. The highest BCUT2D eigenvalue weighted by molar-refractivity contribution is 5.21. The molecule has 0 radical (unpaired) electrons. The van der Waals surface area contributed by atoms with Crippen molar-refractivity contribution in [2.75, 3.05) is 19.7 Å². The summed E-state index contributed by atoms with van der Waals surface area (Å²) in [4.78, 5) is 0. The van der Waals surface area contributed by atoms with E-state index in [9.17, 15) is 0 Å². The summed E-state index contributed by atoms with van der Waals surface area (Å²) in [5, 5.41) is 3.30. The van der Waals surface area contributed by atoms with Crippen LogP contribution in [0.4, 0.5) is 0 Å². The van der Waals surface area contributed by atoms with Crippen molar-refractivity contribution in [2.24, 2.45) is 0 Å². The van der Waals surface area contributed by atoms with Crippen LogP contribution in [0.15, 0.2) is 24.3 Å². The Balaban J connectivity index is 1.71. The molecule has 0 aromatic heterocycles. The Morgan fingerprint density at radius 3 is 2.80 bits per heavy atom. The molecular weight excluding hydrogens is 186 g/mol. The molecule has 1 unspecified atom stereocenters. The second-order valence-corrected chi connectivity index (χ2v) is 4.22. The molecule has 0 bridgehead atoms. The summed E-state index contributed by atoms with van der Waals surface area (Å²) in [6.07, 6.45) is 2.63. The molecule has 0 amide bonds. The zero-order chi connectivity index (χ0) is 10.5. The Labute approximate surface area is 91.6 Å². The van der Waals surface area contributed by atoms with Gasteiger partial charge in [0, 0.05) is 6.54 Å². The van der Waals surface area contributed by atoms with E-state index < -0.39 is 0 Å². The predicted octanol–water partition coefficient (Wildman–Crippen LogP) is 1.92. The van der Waals surface area contributed by atoms with Crippen LogP contribution in [0.25, 0.3) is 0 Å². The third-order valence-electron chi connectivity index (χ3n) is 2.88. The minimum atomic E-state index is 0.440. The topological polar surface area (TPSA) is 21.3 Å². The van der Waals surface area contributed by atoms with Gasteiger partial charge in [-0.15, -0.1) is 0 Å². The van der Waals surface area contributed by atoms with E-state index in [1.54, 1.807) is 0 Å². The summed E-state index contributed by atoms with van der Waals surface area (Å²) in [6, 6.07) is 8.69. The Morgan fingerprint density at radius 2 is 2.13 bits per heavy atom. The Morgan fingerprint density at radius 1 is 1.33 bits per heavy atom. The van der Waals surface area contributed by atoms with Gasteiger partial charge in [0.25, 0.3) is 0 Å². The lowest BCUT2D eigenvalue weighted by Gasteiger charge is -2.10. The normalized spacial score (nSPS) is 20.7. The van der Waals surface area contributed by atoms with Gasteiger partial charge in [0.05, 0.1) is 12.7 Å². The van der Waals surface area contributed by atoms with Gasteiger partial charge in [0.15, 0.2) is 0 Å². The zero-order valence-corrected chi connectivity index (χ0v) is 9.33. The zero-order valence-electron chi connectivity index (χ0n) is 9.33. The highest BCUT2D eigenvalue weighted by Gasteiger charge is 2.13. The van der Waals surface area contributed by atoms with Crippen molar-refractivity contribution in [3.05, 3.63) is 35.4 Å². The lowest BCUT2D eigenvalue weighted by molar-refractivity contribution is 0.0694. The molecule has 2 heteroatoms. The second kappa shape index (κ2) is 5.29. The Hall–Kier alpha value is -0.860. The monoisotopic (exact) mass is 205 g/mol. The van der Waals surface area contributed by atoms with Crippen LogP contribution in [0, 0.1) is 6.92 Å². The molecule has 82 valence electrons. The van der Waals surface area contributed by atoms with Gasteiger partial charge >= 0.3 is 0 Å². The molecule has 1 fully saturated rings. The third-order valence-corrected chi connectivity index (χ3v) is 2.88. The molecular formula is C13H19NO. The van der Waals surface area contributed by atoms with Crippen LogP contribution in [0.5, 0.6) is 0 Å². The maximum Gasteiger partial charge on any atom is 0.0711 e. The number of hydrogen-bond acceptors (Lipinski definition) is 2. The van der Waals surface area contributed by atoms with Crippen molar-refractivity contribution in [2.45, 2.75) is 25.9 Å². The van der Waals surface area contributed by atoms with Crippen LogP contribution in [-0.4, -0.2) is 25.8 Å². The molecule has 1 heterocycles. The molecule has 0 spiro atoms. The molecule has 2 nitrogen and oxygen atoms in total. The first-order valence-electron chi connectivity index (χ1n) is 5.72. The lowest BCUT2D eigenvalue weighted by atomic mass is 10.1. The number of aryl methyl sites for hydroxylation is 1. The van der Waals surface area contributed by atoms with Crippen LogP contribution >= 0.6 is 0 Å². The maximum atomic E-state index is 5.77. The highest BCUT2D eigenvalue weighted by atomic mass is 16.5. The number of benzene rings is 1. The summed E-state index contributed by atoms with van der Waals surface area (Å²) < 4.78 is 5.77. The molecule has 1 saturated heterocycles. The van der Waals surface area contributed by atoms with E-state index in [4.69, 9.17) is 4.74 Å². The molecule has 1 atom stereocenters. The summed E-state index contributed by atoms with van der Waals surface area (Å²) in [6.45, 7) is 5.09. The summed E-state index contributed by atoms with van der Waals surface area (Å²) >= 11 is 0. The van der Waals surface area contributed by atoms with E-state index in [1.165, 1.54) is 11.1 Å². The molecule has 1 aliphatic rings. The van der Waals surface area contributed by atoms with E-state index in [0.29, 0.717) is 6.10 Å². The summed E-state index contributed by atoms with van der Waals surface area (Å²) in [5.74, 6) is 0. The fourth-order valence-corrected chi connectivity index (χ4v) is 1.87. The Kier molecular flexibility index (Phi) is 3.75. The standard InChI is InChI=1S/C13H19NO/c1-11-2-4-12(5-3-11)7-9-15-13-6-8-14-10-13/h2-5,13-14H,6-10H2,1H3. The molecule has 1 aromatic carbocycles. The van der Waals surface area contributed by atoms with E-state index in [1.807, 2.05) is 0 Å². The first kappa shape index (κ1) is 10.7. The largest absolute Gasteiger partial charge is 0.377 e. The van der Waals surface area contributed by atoms with Crippen LogP contribution in [0.2, 0.25) is 0 Å². The molecule has 1 aromatic rings. The first-order chi connectivity index (χ1) is 7.34. The number of ether oxygens (including phenoxy) is 1. The van der Waals surface area contributed by atoms with Crippen molar-refractivity contribution in [1.29, 1.82) is 0 Å². The van der Waals surface area contributed by atoms with Crippen LogP contribution < -0.4 is 5.32 Å². The first-order valence-corrected chi connectivity index (χ1v) is 5.72. The second-order valence-electron chi connectivity index (χ2n) is 4.22. The van der Waals surface area contributed by atoms with Crippen LogP contribution in [-0.2, 0) is 11.2 Å². The average Bonchev–Trinajstić information content (AvgIpc) is 2.74. The van der Waals surface area contributed by atoms with E-state index in [-0.39, 0.29) is 0 Å². The van der Waals surface area contributed by atoms with E-state index in [2.05, 4.69) is 36.5 Å². The fourth-order valence-electron chi connectivity index (χ4n) is 1.87. The van der Waals surface area contributed by atoms with Crippen molar-refractivity contribution in [3.8, 4) is 0 Å². The van der Waals surface area contributed by atoms with Gasteiger partial charge in [-0.05, 0) is 31.9 Å². The molecule has 0 saturated carbocycles. The Bertz CT molecular complexity index is 288. The van der Waals surface area contributed by atoms with Crippen molar-refractivity contribution in [1.82, 2.24) is 5.32 Å². The van der Waals surface area contributed by atoms with Crippen LogP contribution in [0.3, 0.4) is 0 Å². The van der Waals surface area contributed by atoms with Gasteiger partial charge < -0.3 is 10.1 Å². The van der Waals surface area contributed by atoms with Gasteiger partial charge in [-0.25, -0.2) is 0 Å². The quantitative estimate of drug-likeness (QED) is 0.811. The van der Waals surface area contributed by atoms with Gasteiger partial charge in [-0.3, -0.25) is 0 Å². The maximum absolute atomic E-state index is 5.77. The van der Waals surface area contributed by atoms with Gasteiger partial charge in [-0.1, -0.05) is 29.8 Å². The fraction of sp³-hybridized carbons (Fsp3) is 0.538. The lowest BCUT2D eigenvalue weighted by Crippen LogP contribution is -2.17. The SMILES string of the molecule is Cc1ccc(CCOC2CCNC2)cc1. The molecule has 2 rings (SSSR count). The summed E-state index contributed by atoms with van der Waals surface area (Å²) in [7, 11) is 0. The molecule has 1 aliphatic heterocycles. The van der Waals surface area contributed by atoms with Crippen molar-refractivity contribution in [3.63, 3.8) is 0 Å². The van der Waals surface area contributed by atoms with Gasteiger partial charge in [0.1, 0.15) is 0 Å². The van der Waals surface area contributed by atoms with E-state index >= 15 is 0 Å². The smallest absolute Gasteiger partial charge is 0.0711 e. The van der Waals surface area contributed by atoms with Crippen molar-refractivity contribution >= 4 is 0 Å². The van der Waals surface area contributed by atoms with Gasteiger partial charge in [-0.2, -0.15) is 0 Å². The van der Waals surface area contributed by atoms with Gasteiger partial charge in [0.2, 0.25) is 0 Å². The molecule has 15 heavy (non-hydrogen) atoms. The van der Waals surface area contributed by atoms with E-state index in [0.717, 1.165) is 32.5 Å². The third kappa shape index (κ3) is 3.33. The highest BCUT2D eigenvalue weighted by Crippen LogP contribution is 2.07. The average molecular weight is 205 g/mol. The number of nitrogens with one attached hydrogen (secondary N) is 1. The minimum Gasteiger partial charge on any atom is -0.377 e. The van der Waals surface area contributed by atoms with Crippen LogP contribution in [0.1, 0.15) is 17.5 Å². The predicted molar refractivity (Wildman–Crippen MR) is 62.1 cm³/mol. The van der Waals surface area contributed by atoms with Crippen molar-refractivity contribution < 1.29 is 4.74 Å². The molecule has 1 N–H and O–H groups in total. The number of rotatable bonds is 4. The minimum absolute atomic E-state index is 0.440. The number of hydrogen-bond donors (Lipinski definition) is 1.